The molecule has 112 valence electrons. The Balaban J connectivity index is 1.88. The zero-order valence-corrected chi connectivity index (χ0v) is 12.0. The molecule has 21 heavy (non-hydrogen) atoms. The van der Waals surface area contributed by atoms with Crippen LogP contribution in [0.1, 0.15) is 38.2 Å². The highest BCUT2D eigenvalue weighted by Gasteiger charge is 2.27. The number of anilines is 2. The van der Waals surface area contributed by atoms with E-state index in [1.165, 1.54) is 12.5 Å². The zero-order chi connectivity index (χ0) is 15.0. The number of amides is 1. The Hall–Kier alpha value is -2.11. The highest BCUT2D eigenvalue weighted by atomic mass is 16.6. The smallest absolute Gasteiger partial charge is 0.292 e. The fourth-order valence-electron chi connectivity index (χ4n) is 3.31. The first-order chi connectivity index (χ1) is 10.0. The van der Waals surface area contributed by atoms with E-state index in [-0.39, 0.29) is 29.0 Å². The van der Waals surface area contributed by atoms with Crippen LogP contribution < -0.4 is 10.6 Å². The second-order valence-corrected chi connectivity index (χ2v) is 6.12. The van der Waals surface area contributed by atoms with Crippen LogP contribution in [0, 0.1) is 16.0 Å². The highest BCUT2D eigenvalue weighted by Crippen LogP contribution is 2.36. The van der Waals surface area contributed by atoms with Gasteiger partial charge in [-0.15, -0.1) is 0 Å². The third kappa shape index (κ3) is 2.84. The quantitative estimate of drug-likeness (QED) is 0.661. The van der Waals surface area contributed by atoms with Gasteiger partial charge in [-0.3, -0.25) is 14.9 Å². The lowest BCUT2D eigenvalue weighted by molar-refractivity contribution is -0.384. The summed E-state index contributed by atoms with van der Waals surface area (Å²) in [6.07, 6.45) is 4.65. The number of nitro groups is 1. The summed E-state index contributed by atoms with van der Waals surface area (Å²) < 4.78 is 0. The van der Waals surface area contributed by atoms with Crippen LogP contribution in [-0.2, 0) is 11.2 Å². The average Bonchev–Trinajstić information content (AvgIpc) is 2.76. The lowest BCUT2D eigenvalue weighted by Gasteiger charge is -2.28. The second kappa shape index (κ2) is 5.35. The standard InChI is InChI=1S/C15H19N3O3/c1-9-3-2-4-11(5-9)16-13-8-12-10(7-15(19)17-12)6-14(13)18(20)21/h6,8-9,11,16H,2-5,7H2,1H3,(H,17,19). The van der Waals surface area contributed by atoms with E-state index in [1.54, 1.807) is 6.07 Å². The van der Waals surface area contributed by atoms with Crippen molar-refractivity contribution in [2.24, 2.45) is 5.92 Å². The van der Waals surface area contributed by atoms with Crippen molar-refractivity contribution >= 4 is 23.0 Å². The van der Waals surface area contributed by atoms with Crippen molar-refractivity contribution in [2.45, 2.75) is 45.1 Å². The summed E-state index contributed by atoms with van der Waals surface area (Å²) in [5, 5.41) is 17.3. The molecule has 2 unspecified atom stereocenters. The molecule has 0 aromatic heterocycles. The minimum absolute atomic E-state index is 0.0588. The number of benzene rings is 1. The topological polar surface area (TPSA) is 84.3 Å². The van der Waals surface area contributed by atoms with Crippen molar-refractivity contribution < 1.29 is 9.72 Å². The van der Waals surface area contributed by atoms with Crippen LogP contribution in [0.5, 0.6) is 0 Å². The van der Waals surface area contributed by atoms with Gasteiger partial charge in [0.25, 0.3) is 5.69 Å². The number of nitrogens with one attached hydrogen (secondary N) is 2. The summed E-state index contributed by atoms with van der Waals surface area (Å²) in [4.78, 5) is 22.3. The first-order valence-electron chi connectivity index (χ1n) is 7.40. The number of fused-ring (bicyclic) bond motifs is 1. The van der Waals surface area contributed by atoms with Crippen molar-refractivity contribution in [1.82, 2.24) is 0 Å². The Morgan fingerprint density at radius 1 is 1.38 bits per heavy atom. The molecule has 0 bridgehead atoms. The summed E-state index contributed by atoms with van der Waals surface area (Å²) in [5.74, 6) is 0.534. The minimum atomic E-state index is -0.377. The van der Waals surface area contributed by atoms with E-state index in [4.69, 9.17) is 0 Å². The van der Waals surface area contributed by atoms with Gasteiger partial charge in [0.2, 0.25) is 5.91 Å². The van der Waals surface area contributed by atoms with Gasteiger partial charge >= 0.3 is 0 Å². The Labute approximate surface area is 123 Å². The summed E-state index contributed by atoms with van der Waals surface area (Å²) in [6, 6.07) is 3.49. The summed E-state index contributed by atoms with van der Waals surface area (Å²) in [6.45, 7) is 2.21. The maximum atomic E-state index is 11.4. The molecule has 2 aliphatic rings. The zero-order valence-electron chi connectivity index (χ0n) is 12.0. The first kappa shape index (κ1) is 13.9. The molecule has 6 heteroatoms. The molecule has 2 atom stereocenters. The van der Waals surface area contributed by atoms with Gasteiger partial charge in [0, 0.05) is 17.8 Å². The fourth-order valence-corrected chi connectivity index (χ4v) is 3.31. The number of hydrogen-bond acceptors (Lipinski definition) is 4. The predicted octanol–water partition coefficient (Wildman–Crippen LogP) is 3.08. The maximum absolute atomic E-state index is 11.4. The molecule has 0 radical (unpaired) electrons. The van der Waals surface area contributed by atoms with Crippen molar-refractivity contribution in [3.05, 3.63) is 27.8 Å². The van der Waals surface area contributed by atoms with E-state index < -0.39 is 0 Å². The van der Waals surface area contributed by atoms with Gasteiger partial charge in [0.1, 0.15) is 5.69 Å². The molecule has 1 aliphatic carbocycles. The lowest BCUT2D eigenvalue weighted by atomic mass is 9.87. The van der Waals surface area contributed by atoms with Gasteiger partial charge in [-0.2, -0.15) is 0 Å². The Morgan fingerprint density at radius 3 is 2.90 bits per heavy atom. The van der Waals surface area contributed by atoms with Crippen LogP contribution in [-0.4, -0.2) is 16.9 Å². The molecular weight excluding hydrogens is 270 g/mol. The van der Waals surface area contributed by atoms with E-state index in [9.17, 15) is 14.9 Å². The molecule has 1 amide bonds. The molecule has 6 nitrogen and oxygen atoms in total. The maximum Gasteiger partial charge on any atom is 0.292 e. The fraction of sp³-hybridized carbons (Fsp3) is 0.533. The molecule has 1 aliphatic heterocycles. The number of carbonyl (C=O) groups excluding carboxylic acids is 1. The number of rotatable bonds is 3. The first-order valence-corrected chi connectivity index (χ1v) is 7.40. The van der Waals surface area contributed by atoms with Gasteiger partial charge in [0.05, 0.1) is 11.3 Å². The van der Waals surface area contributed by atoms with Crippen molar-refractivity contribution in [3.8, 4) is 0 Å². The van der Waals surface area contributed by atoms with Crippen LogP contribution >= 0.6 is 0 Å². The summed E-state index contributed by atoms with van der Waals surface area (Å²) in [5.41, 5.74) is 1.97. The van der Waals surface area contributed by atoms with E-state index in [1.807, 2.05) is 0 Å². The lowest BCUT2D eigenvalue weighted by Crippen LogP contribution is -2.26. The van der Waals surface area contributed by atoms with E-state index in [0.717, 1.165) is 19.3 Å². The molecule has 1 aromatic rings. The molecule has 1 fully saturated rings. The normalized spacial score (nSPS) is 24.3. The molecule has 0 spiro atoms. The van der Waals surface area contributed by atoms with Crippen LogP contribution in [0.3, 0.4) is 0 Å². The van der Waals surface area contributed by atoms with Crippen LogP contribution in [0.15, 0.2) is 12.1 Å². The monoisotopic (exact) mass is 289 g/mol. The molecular formula is C15H19N3O3. The SMILES string of the molecule is CC1CCCC(Nc2cc3c(cc2[N+](=O)[O-])CC(=O)N3)C1. The molecule has 3 rings (SSSR count). The highest BCUT2D eigenvalue weighted by molar-refractivity contribution is 6.00. The van der Waals surface area contributed by atoms with Crippen LogP contribution in [0.25, 0.3) is 0 Å². The van der Waals surface area contributed by atoms with Crippen LogP contribution in [0.4, 0.5) is 17.1 Å². The molecule has 1 saturated carbocycles. The summed E-state index contributed by atoms with van der Waals surface area (Å²) in [7, 11) is 0. The molecule has 2 N–H and O–H groups in total. The molecule has 0 saturated heterocycles. The van der Waals surface area contributed by atoms with Gasteiger partial charge in [-0.1, -0.05) is 19.8 Å². The predicted molar refractivity (Wildman–Crippen MR) is 80.5 cm³/mol. The third-order valence-corrected chi connectivity index (χ3v) is 4.34. The largest absolute Gasteiger partial charge is 0.377 e. The number of hydrogen-bond donors (Lipinski definition) is 2. The number of nitro benzene ring substituents is 1. The number of carbonyl (C=O) groups is 1. The third-order valence-electron chi connectivity index (χ3n) is 4.34. The van der Waals surface area contributed by atoms with E-state index in [0.29, 0.717) is 22.9 Å². The van der Waals surface area contributed by atoms with Gasteiger partial charge < -0.3 is 10.6 Å². The second-order valence-electron chi connectivity index (χ2n) is 6.12. The van der Waals surface area contributed by atoms with Crippen molar-refractivity contribution in [3.63, 3.8) is 0 Å². The Bertz CT molecular complexity index is 600. The number of nitrogens with zero attached hydrogens (tertiary/aromatic N) is 1. The van der Waals surface area contributed by atoms with Gasteiger partial charge in [-0.25, -0.2) is 0 Å². The minimum Gasteiger partial charge on any atom is -0.377 e. The Kier molecular flexibility index (Phi) is 3.53. The van der Waals surface area contributed by atoms with E-state index >= 15 is 0 Å². The molecule has 1 aromatic carbocycles. The van der Waals surface area contributed by atoms with Crippen LogP contribution in [0.2, 0.25) is 0 Å². The molecule has 1 heterocycles. The van der Waals surface area contributed by atoms with Gasteiger partial charge in [0.15, 0.2) is 0 Å². The summed E-state index contributed by atoms with van der Waals surface area (Å²) >= 11 is 0. The van der Waals surface area contributed by atoms with Gasteiger partial charge in [-0.05, 0) is 30.4 Å². The van der Waals surface area contributed by atoms with Crippen molar-refractivity contribution in [2.75, 3.05) is 10.6 Å². The Morgan fingerprint density at radius 2 is 2.19 bits per heavy atom. The average molecular weight is 289 g/mol. The van der Waals surface area contributed by atoms with Crippen molar-refractivity contribution in [1.29, 1.82) is 0 Å². The van der Waals surface area contributed by atoms with E-state index in [2.05, 4.69) is 17.6 Å².